The summed E-state index contributed by atoms with van der Waals surface area (Å²) in [5.41, 5.74) is 2.27. The predicted molar refractivity (Wildman–Crippen MR) is 69.2 cm³/mol. The molecular weight excluding hydrogens is 228 g/mol. The Hall–Kier alpha value is -2.36. The molecule has 1 aromatic heterocycles. The van der Waals surface area contributed by atoms with Crippen LogP contribution in [0.5, 0.6) is 0 Å². The van der Waals surface area contributed by atoms with Gasteiger partial charge in [0, 0.05) is 11.8 Å². The first-order chi connectivity index (χ1) is 8.69. The Morgan fingerprint density at radius 2 is 2.00 bits per heavy atom. The Morgan fingerprint density at radius 3 is 2.61 bits per heavy atom. The van der Waals surface area contributed by atoms with E-state index < -0.39 is 0 Å². The lowest BCUT2D eigenvalue weighted by Gasteiger charge is -2.05. The average Bonchev–Trinajstić information content (AvgIpc) is 2.39. The second kappa shape index (κ2) is 5.31. The molecule has 1 heterocycles. The molecule has 0 unspecified atom stereocenters. The van der Waals surface area contributed by atoms with Crippen LogP contribution in [-0.2, 0) is 6.42 Å². The molecule has 1 amide bonds. The Kier molecular flexibility index (Phi) is 3.57. The van der Waals surface area contributed by atoms with E-state index in [1.165, 1.54) is 18.0 Å². The molecule has 2 rings (SSSR count). The van der Waals surface area contributed by atoms with Crippen LogP contribution in [0.1, 0.15) is 22.8 Å². The standard InChI is InChI=1S/C14H14N2O2/c1-2-11-5-7-13(8-6-11)15-14(17)12-4-3-9-16(18)10-12/h3-10H,2H2,1H3,(H,15,17). The number of hydrogen-bond donors (Lipinski definition) is 1. The molecule has 0 fully saturated rings. The molecule has 0 radical (unpaired) electrons. The van der Waals surface area contributed by atoms with Crippen molar-refractivity contribution < 1.29 is 9.52 Å². The van der Waals surface area contributed by atoms with Crippen LogP contribution < -0.4 is 10.0 Å². The van der Waals surface area contributed by atoms with Crippen molar-refractivity contribution in [3.8, 4) is 0 Å². The highest BCUT2D eigenvalue weighted by Crippen LogP contribution is 2.11. The minimum absolute atomic E-state index is 0.288. The number of aryl methyl sites for hydroxylation is 1. The fraction of sp³-hybridized carbons (Fsp3) is 0.143. The van der Waals surface area contributed by atoms with Crippen LogP contribution in [-0.4, -0.2) is 5.91 Å². The SMILES string of the molecule is CCc1ccc(NC(=O)c2ccc[n+]([O-])c2)cc1. The van der Waals surface area contributed by atoms with Crippen LogP contribution >= 0.6 is 0 Å². The highest BCUT2D eigenvalue weighted by atomic mass is 16.5. The number of rotatable bonds is 3. The molecule has 92 valence electrons. The van der Waals surface area contributed by atoms with Crippen molar-refractivity contribution in [3.05, 3.63) is 65.1 Å². The summed E-state index contributed by atoms with van der Waals surface area (Å²) in [6, 6.07) is 10.8. The number of amides is 1. The zero-order chi connectivity index (χ0) is 13.0. The predicted octanol–water partition coefficient (Wildman–Crippen LogP) is 2.13. The van der Waals surface area contributed by atoms with Crippen LogP contribution in [0.2, 0.25) is 0 Å². The Labute approximate surface area is 105 Å². The van der Waals surface area contributed by atoms with Crippen molar-refractivity contribution in [2.75, 3.05) is 5.32 Å². The number of aromatic nitrogens is 1. The van der Waals surface area contributed by atoms with Crippen LogP contribution in [0.25, 0.3) is 0 Å². The Bertz CT molecular complexity index is 550. The van der Waals surface area contributed by atoms with Crippen molar-refractivity contribution in [3.63, 3.8) is 0 Å². The molecule has 1 N–H and O–H groups in total. The van der Waals surface area contributed by atoms with E-state index in [1.807, 2.05) is 24.3 Å². The number of benzene rings is 1. The quantitative estimate of drug-likeness (QED) is 0.662. The third kappa shape index (κ3) is 2.85. The topological polar surface area (TPSA) is 56.0 Å². The van der Waals surface area contributed by atoms with Gasteiger partial charge in [-0.2, -0.15) is 4.73 Å². The van der Waals surface area contributed by atoms with Gasteiger partial charge >= 0.3 is 0 Å². The van der Waals surface area contributed by atoms with Crippen LogP contribution in [0, 0.1) is 5.21 Å². The van der Waals surface area contributed by atoms with E-state index in [4.69, 9.17) is 0 Å². The van der Waals surface area contributed by atoms with Gasteiger partial charge in [-0.25, -0.2) is 0 Å². The lowest BCUT2D eigenvalue weighted by Crippen LogP contribution is -2.27. The first kappa shape index (κ1) is 12.1. The third-order valence-electron chi connectivity index (χ3n) is 2.66. The highest BCUT2D eigenvalue weighted by Gasteiger charge is 2.08. The monoisotopic (exact) mass is 242 g/mol. The van der Waals surface area contributed by atoms with E-state index >= 15 is 0 Å². The van der Waals surface area contributed by atoms with E-state index in [-0.39, 0.29) is 5.91 Å². The minimum atomic E-state index is -0.288. The van der Waals surface area contributed by atoms with Gasteiger partial charge in [0.15, 0.2) is 12.4 Å². The molecule has 1 aromatic carbocycles. The van der Waals surface area contributed by atoms with Crippen LogP contribution in [0.4, 0.5) is 5.69 Å². The summed E-state index contributed by atoms with van der Waals surface area (Å²) in [4.78, 5) is 11.9. The van der Waals surface area contributed by atoms with Gasteiger partial charge in [0.05, 0.1) is 0 Å². The second-order valence-electron chi connectivity index (χ2n) is 3.96. The first-order valence-electron chi connectivity index (χ1n) is 5.78. The largest absolute Gasteiger partial charge is 0.619 e. The Balaban J connectivity index is 2.11. The molecule has 0 saturated heterocycles. The van der Waals surface area contributed by atoms with Gasteiger partial charge in [0.2, 0.25) is 0 Å². The fourth-order valence-corrected chi connectivity index (χ4v) is 1.62. The van der Waals surface area contributed by atoms with Crippen molar-refractivity contribution >= 4 is 11.6 Å². The number of nitrogens with one attached hydrogen (secondary N) is 1. The third-order valence-corrected chi connectivity index (χ3v) is 2.66. The summed E-state index contributed by atoms with van der Waals surface area (Å²) in [7, 11) is 0. The zero-order valence-corrected chi connectivity index (χ0v) is 10.1. The number of hydrogen-bond acceptors (Lipinski definition) is 2. The molecule has 0 aliphatic carbocycles. The van der Waals surface area contributed by atoms with E-state index in [0.29, 0.717) is 10.3 Å². The van der Waals surface area contributed by atoms with E-state index in [2.05, 4.69) is 12.2 Å². The average molecular weight is 242 g/mol. The summed E-state index contributed by atoms with van der Waals surface area (Å²) < 4.78 is 0.606. The highest BCUT2D eigenvalue weighted by molar-refractivity contribution is 6.03. The molecule has 0 atom stereocenters. The molecule has 0 spiro atoms. The Morgan fingerprint density at radius 1 is 1.28 bits per heavy atom. The molecular formula is C14H14N2O2. The maximum atomic E-state index is 11.9. The fourth-order valence-electron chi connectivity index (χ4n) is 1.62. The van der Waals surface area contributed by atoms with Crippen molar-refractivity contribution in [2.24, 2.45) is 0 Å². The number of nitrogens with zero attached hydrogens (tertiary/aromatic N) is 1. The van der Waals surface area contributed by atoms with E-state index in [9.17, 15) is 10.0 Å². The molecule has 4 nitrogen and oxygen atoms in total. The van der Waals surface area contributed by atoms with Crippen molar-refractivity contribution in [1.82, 2.24) is 0 Å². The first-order valence-corrected chi connectivity index (χ1v) is 5.78. The molecule has 0 aliphatic heterocycles. The summed E-state index contributed by atoms with van der Waals surface area (Å²) in [5.74, 6) is -0.288. The van der Waals surface area contributed by atoms with Gasteiger partial charge in [0.1, 0.15) is 5.56 Å². The molecule has 0 aliphatic rings. The minimum Gasteiger partial charge on any atom is -0.619 e. The van der Waals surface area contributed by atoms with Gasteiger partial charge in [-0.15, -0.1) is 0 Å². The number of anilines is 1. The van der Waals surface area contributed by atoms with Gasteiger partial charge < -0.3 is 10.5 Å². The molecule has 18 heavy (non-hydrogen) atoms. The molecule has 2 aromatic rings. The van der Waals surface area contributed by atoms with Crippen molar-refractivity contribution in [2.45, 2.75) is 13.3 Å². The number of carbonyl (C=O) groups is 1. The maximum absolute atomic E-state index is 11.9. The molecule has 4 heteroatoms. The second-order valence-corrected chi connectivity index (χ2v) is 3.96. The maximum Gasteiger partial charge on any atom is 0.261 e. The summed E-state index contributed by atoms with van der Waals surface area (Å²) in [6.07, 6.45) is 3.55. The van der Waals surface area contributed by atoms with Gasteiger partial charge in [-0.1, -0.05) is 19.1 Å². The molecule has 0 bridgehead atoms. The molecule has 0 saturated carbocycles. The lowest BCUT2D eigenvalue weighted by molar-refractivity contribution is -0.605. The summed E-state index contributed by atoms with van der Waals surface area (Å²) in [6.45, 7) is 2.07. The zero-order valence-electron chi connectivity index (χ0n) is 10.1. The van der Waals surface area contributed by atoms with E-state index in [0.717, 1.165) is 12.1 Å². The van der Waals surface area contributed by atoms with Crippen molar-refractivity contribution in [1.29, 1.82) is 0 Å². The number of pyridine rings is 1. The normalized spacial score (nSPS) is 10.1. The van der Waals surface area contributed by atoms with Gasteiger partial charge in [0.25, 0.3) is 5.91 Å². The van der Waals surface area contributed by atoms with Crippen LogP contribution in [0.3, 0.4) is 0 Å². The summed E-state index contributed by atoms with van der Waals surface area (Å²) >= 11 is 0. The summed E-state index contributed by atoms with van der Waals surface area (Å²) in [5, 5.41) is 13.8. The van der Waals surface area contributed by atoms with Gasteiger partial charge in [-0.05, 0) is 30.2 Å². The lowest BCUT2D eigenvalue weighted by atomic mass is 10.1. The van der Waals surface area contributed by atoms with Gasteiger partial charge in [-0.3, -0.25) is 4.79 Å². The van der Waals surface area contributed by atoms with E-state index in [1.54, 1.807) is 12.1 Å². The smallest absolute Gasteiger partial charge is 0.261 e. The van der Waals surface area contributed by atoms with Crippen LogP contribution in [0.15, 0.2) is 48.8 Å². The number of carbonyl (C=O) groups excluding carboxylic acids is 1.